The Labute approximate surface area is 112 Å². The van der Waals surface area contributed by atoms with E-state index in [2.05, 4.69) is 16.4 Å². The molecule has 0 saturated heterocycles. The third-order valence-electron chi connectivity index (χ3n) is 3.85. The highest BCUT2D eigenvalue weighted by atomic mass is 16.5. The molecule has 0 radical (unpaired) electrons. The highest BCUT2D eigenvalue weighted by Gasteiger charge is 2.42. The van der Waals surface area contributed by atoms with E-state index in [0.717, 1.165) is 24.2 Å². The van der Waals surface area contributed by atoms with E-state index < -0.39 is 5.54 Å². The number of carbonyl (C=O) groups is 1. The van der Waals surface area contributed by atoms with Crippen LogP contribution in [0.2, 0.25) is 0 Å². The summed E-state index contributed by atoms with van der Waals surface area (Å²) in [7, 11) is 0. The molecule has 2 N–H and O–H groups in total. The van der Waals surface area contributed by atoms with Crippen molar-refractivity contribution in [3.05, 3.63) is 35.5 Å². The number of para-hydroxylation sites is 1. The van der Waals surface area contributed by atoms with E-state index in [0.29, 0.717) is 6.61 Å². The molecule has 1 aliphatic rings. The average molecular weight is 258 g/mol. The van der Waals surface area contributed by atoms with E-state index in [1.54, 1.807) is 0 Å². The number of nitrogens with one attached hydrogen (secondary N) is 2. The molecule has 1 unspecified atom stereocenters. The Morgan fingerprint density at radius 1 is 1.42 bits per heavy atom. The van der Waals surface area contributed by atoms with E-state index >= 15 is 0 Å². The maximum absolute atomic E-state index is 12.3. The average Bonchev–Trinajstić information content (AvgIpc) is 2.80. The van der Waals surface area contributed by atoms with Gasteiger partial charge in [0.2, 0.25) is 0 Å². The van der Waals surface area contributed by atoms with Crippen molar-refractivity contribution in [1.29, 1.82) is 0 Å². The van der Waals surface area contributed by atoms with Crippen molar-refractivity contribution in [3.8, 4) is 0 Å². The minimum atomic E-state index is -0.775. The molecule has 1 aromatic carbocycles. The topological polar surface area (TPSA) is 54.1 Å². The lowest BCUT2D eigenvalue weighted by atomic mass is 9.88. The van der Waals surface area contributed by atoms with Gasteiger partial charge in [0.15, 0.2) is 5.54 Å². The molecular weight excluding hydrogens is 240 g/mol. The largest absolute Gasteiger partial charge is 0.464 e. The van der Waals surface area contributed by atoms with Crippen LogP contribution >= 0.6 is 0 Å². The van der Waals surface area contributed by atoms with Gasteiger partial charge in [-0.3, -0.25) is 5.32 Å². The maximum Gasteiger partial charge on any atom is 0.332 e. The highest BCUT2D eigenvalue weighted by molar-refractivity contribution is 5.90. The van der Waals surface area contributed by atoms with Gasteiger partial charge in [0.1, 0.15) is 0 Å². The van der Waals surface area contributed by atoms with Crippen LogP contribution < -0.4 is 5.32 Å². The standard InChI is InChI=1S/C15H18N2O2/c1-3-19-14(18)15(2)13-11(8-9-16-15)10-6-4-5-7-12(10)17-13/h4-7,16-17H,3,8-9H2,1-2H3. The first-order valence-electron chi connectivity index (χ1n) is 6.69. The van der Waals surface area contributed by atoms with Crippen LogP contribution in [0, 0.1) is 0 Å². The van der Waals surface area contributed by atoms with Crippen molar-refractivity contribution in [1.82, 2.24) is 10.3 Å². The summed E-state index contributed by atoms with van der Waals surface area (Å²) in [6.45, 7) is 4.89. The Morgan fingerprint density at radius 2 is 2.21 bits per heavy atom. The zero-order valence-electron chi connectivity index (χ0n) is 11.2. The highest BCUT2D eigenvalue weighted by Crippen LogP contribution is 2.34. The van der Waals surface area contributed by atoms with Gasteiger partial charge in [-0.1, -0.05) is 18.2 Å². The fraction of sp³-hybridized carbons (Fsp3) is 0.400. The molecule has 1 aliphatic heterocycles. The van der Waals surface area contributed by atoms with Gasteiger partial charge in [-0.15, -0.1) is 0 Å². The Morgan fingerprint density at radius 3 is 3.00 bits per heavy atom. The number of fused-ring (bicyclic) bond motifs is 3. The Bertz CT molecular complexity index is 632. The molecule has 2 aromatic rings. The SMILES string of the molecule is CCOC(=O)C1(C)NCCc2c1[nH]c1ccccc21. The van der Waals surface area contributed by atoms with E-state index in [4.69, 9.17) is 4.74 Å². The lowest BCUT2D eigenvalue weighted by molar-refractivity contribution is -0.151. The van der Waals surface area contributed by atoms with E-state index in [1.807, 2.05) is 32.0 Å². The summed E-state index contributed by atoms with van der Waals surface area (Å²) in [6.07, 6.45) is 0.925. The third-order valence-corrected chi connectivity index (χ3v) is 3.85. The van der Waals surface area contributed by atoms with Gasteiger partial charge in [0.25, 0.3) is 0 Å². The van der Waals surface area contributed by atoms with Crippen LogP contribution in [0.4, 0.5) is 0 Å². The molecule has 4 heteroatoms. The molecular formula is C15H18N2O2. The van der Waals surface area contributed by atoms with Crippen LogP contribution in [0.15, 0.2) is 24.3 Å². The number of hydrogen-bond donors (Lipinski definition) is 2. The van der Waals surface area contributed by atoms with Crippen molar-refractivity contribution < 1.29 is 9.53 Å². The maximum atomic E-state index is 12.3. The number of aromatic nitrogens is 1. The number of esters is 1. The third kappa shape index (κ3) is 1.75. The van der Waals surface area contributed by atoms with Crippen LogP contribution in [0.1, 0.15) is 25.1 Å². The molecule has 0 aliphatic carbocycles. The molecule has 1 aromatic heterocycles. The molecule has 4 nitrogen and oxygen atoms in total. The second-order valence-electron chi connectivity index (χ2n) is 5.05. The summed E-state index contributed by atoms with van der Waals surface area (Å²) in [5.74, 6) is -0.220. The van der Waals surface area contributed by atoms with Gasteiger partial charge in [-0.25, -0.2) is 4.79 Å². The summed E-state index contributed by atoms with van der Waals surface area (Å²) in [6, 6.07) is 8.17. The van der Waals surface area contributed by atoms with Gasteiger partial charge >= 0.3 is 5.97 Å². The number of H-pyrrole nitrogens is 1. The molecule has 2 heterocycles. The molecule has 0 amide bonds. The molecule has 0 fully saturated rings. The van der Waals surface area contributed by atoms with Crippen LogP contribution in [-0.2, 0) is 21.5 Å². The van der Waals surface area contributed by atoms with Crippen LogP contribution in [0.3, 0.4) is 0 Å². The normalized spacial score (nSPS) is 22.2. The first-order valence-corrected chi connectivity index (χ1v) is 6.69. The lowest BCUT2D eigenvalue weighted by Crippen LogP contribution is -2.51. The smallest absolute Gasteiger partial charge is 0.332 e. The molecule has 0 saturated carbocycles. The number of aromatic amines is 1. The Kier molecular flexibility index (Phi) is 2.82. The van der Waals surface area contributed by atoms with Crippen LogP contribution in [0.25, 0.3) is 10.9 Å². The minimum Gasteiger partial charge on any atom is -0.464 e. The minimum absolute atomic E-state index is 0.220. The van der Waals surface area contributed by atoms with Gasteiger partial charge in [0.05, 0.1) is 12.3 Å². The van der Waals surface area contributed by atoms with Crippen molar-refractivity contribution in [2.45, 2.75) is 25.8 Å². The molecule has 100 valence electrons. The second-order valence-corrected chi connectivity index (χ2v) is 5.05. The van der Waals surface area contributed by atoms with Crippen molar-refractivity contribution in [3.63, 3.8) is 0 Å². The van der Waals surface area contributed by atoms with Gasteiger partial charge in [-0.05, 0) is 31.9 Å². The predicted molar refractivity (Wildman–Crippen MR) is 74.0 cm³/mol. The summed E-state index contributed by atoms with van der Waals surface area (Å²) in [4.78, 5) is 15.6. The molecule has 3 rings (SSSR count). The fourth-order valence-electron chi connectivity index (χ4n) is 2.86. The van der Waals surface area contributed by atoms with E-state index in [1.165, 1.54) is 10.9 Å². The van der Waals surface area contributed by atoms with Gasteiger partial charge in [-0.2, -0.15) is 0 Å². The lowest BCUT2D eigenvalue weighted by Gasteiger charge is -2.32. The summed E-state index contributed by atoms with van der Waals surface area (Å²) >= 11 is 0. The molecule has 0 bridgehead atoms. The zero-order valence-corrected chi connectivity index (χ0v) is 11.2. The zero-order chi connectivity index (χ0) is 13.5. The fourth-order valence-corrected chi connectivity index (χ4v) is 2.86. The van der Waals surface area contributed by atoms with Crippen molar-refractivity contribution in [2.75, 3.05) is 13.2 Å². The van der Waals surface area contributed by atoms with Gasteiger partial charge in [0, 0.05) is 17.4 Å². The number of hydrogen-bond acceptors (Lipinski definition) is 3. The quantitative estimate of drug-likeness (QED) is 0.811. The van der Waals surface area contributed by atoms with Gasteiger partial charge < -0.3 is 9.72 Å². The second kappa shape index (κ2) is 4.38. The summed E-state index contributed by atoms with van der Waals surface area (Å²) in [5.41, 5.74) is 2.47. The monoisotopic (exact) mass is 258 g/mol. The number of ether oxygens (including phenoxy) is 1. The Balaban J connectivity index is 2.16. The molecule has 1 atom stereocenters. The summed E-state index contributed by atoms with van der Waals surface area (Å²) < 4.78 is 5.22. The van der Waals surface area contributed by atoms with Crippen molar-refractivity contribution in [2.24, 2.45) is 0 Å². The number of benzene rings is 1. The summed E-state index contributed by atoms with van der Waals surface area (Å²) in [5, 5.41) is 4.49. The van der Waals surface area contributed by atoms with Crippen molar-refractivity contribution >= 4 is 16.9 Å². The first-order chi connectivity index (χ1) is 9.16. The first kappa shape index (κ1) is 12.2. The van der Waals surface area contributed by atoms with E-state index in [-0.39, 0.29) is 5.97 Å². The Hall–Kier alpha value is -1.81. The molecule has 19 heavy (non-hydrogen) atoms. The molecule has 0 spiro atoms. The number of carbonyl (C=O) groups excluding carboxylic acids is 1. The van der Waals surface area contributed by atoms with Crippen LogP contribution in [0.5, 0.6) is 0 Å². The predicted octanol–water partition coefficient (Wildman–Crippen LogP) is 2.09. The van der Waals surface area contributed by atoms with Crippen LogP contribution in [-0.4, -0.2) is 24.1 Å². The van der Waals surface area contributed by atoms with E-state index in [9.17, 15) is 4.79 Å². The number of rotatable bonds is 2.